The van der Waals surface area contributed by atoms with Crippen molar-refractivity contribution in [1.82, 2.24) is 0 Å². The van der Waals surface area contributed by atoms with E-state index in [-0.39, 0.29) is 0 Å². The fourth-order valence-corrected chi connectivity index (χ4v) is 7.13. The molecule has 0 saturated heterocycles. The van der Waals surface area contributed by atoms with Gasteiger partial charge in [-0.2, -0.15) is 0 Å². The molecule has 0 aliphatic heterocycles. The van der Waals surface area contributed by atoms with Crippen LogP contribution < -0.4 is 0 Å². The standard InChI is InChI=1S/C20H36.3C2H6/c1-13-12-17-10-7-11-18(17)16(4)19(13)20(5)14(2)8-6-9-15(20)3;3*1-2/h13-19H,6-12H2,1-5H3;3*1-2H3. The highest BCUT2D eigenvalue weighted by molar-refractivity contribution is 5.02. The van der Waals surface area contributed by atoms with E-state index in [0.717, 1.165) is 41.4 Å². The quantitative estimate of drug-likeness (QED) is 0.433. The zero-order valence-corrected chi connectivity index (χ0v) is 20.5. The Bertz CT molecular complexity index is 334. The van der Waals surface area contributed by atoms with E-state index in [0.29, 0.717) is 5.41 Å². The zero-order chi connectivity index (χ0) is 20.5. The van der Waals surface area contributed by atoms with E-state index in [9.17, 15) is 0 Å². The van der Waals surface area contributed by atoms with E-state index in [1.807, 2.05) is 41.5 Å². The first-order valence-electron chi connectivity index (χ1n) is 12.5. The third-order valence-corrected chi connectivity index (χ3v) is 8.36. The zero-order valence-electron chi connectivity index (χ0n) is 20.5. The van der Waals surface area contributed by atoms with Gasteiger partial charge in [-0.25, -0.2) is 0 Å². The first-order chi connectivity index (χ1) is 12.5. The van der Waals surface area contributed by atoms with Crippen molar-refractivity contribution in [3.05, 3.63) is 0 Å². The summed E-state index contributed by atoms with van der Waals surface area (Å²) in [5.41, 5.74) is 0.602. The van der Waals surface area contributed by atoms with E-state index >= 15 is 0 Å². The molecule has 7 atom stereocenters. The topological polar surface area (TPSA) is 0 Å². The van der Waals surface area contributed by atoms with Crippen molar-refractivity contribution >= 4 is 0 Å². The minimum Gasteiger partial charge on any atom is -0.0683 e. The number of hydrogen-bond donors (Lipinski definition) is 0. The summed E-state index contributed by atoms with van der Waals surface area (Å²) in [6.45, 7) is 25.0. The Balaban J connectivity index is 0.000000948. The lowest BCUT2D eigenvalue weighted by Gasteiger charge is -2.58. The van der Waals surface area contributed by atoms with Gasteiger partial charge in [-0.15, -0.1) is 0 Å². The summed E-state index contributed by atoms with van der Waals surface area (Å²) in [4.78, 5) is 0. The summed E-state index contributed by atoms with van der Waals surface area (Å²) in [5, 5.41) is 0. The van der Waals surface area contributed by atoms with Crippen LogP contribution in [0.5, 0.6) is 0 Å². The van der Waals surface area contributed by atoms with Gasteiger partial charge in [0.25, 0.3) is 0 Å². The van der Waals surface area contributed by atoms with Gasteiger partial charge in [0.05, 0.1) is 0 Å². The van der Waals surface area contributed by atoms with Crippen molar-refractivity contribution in [2.45, 2.75) is 121 Å². The van der Waals surface area contributed by atoms with Gasteiger partial charge in [-0.05, 0) is 59.7 Å². The van der Waals surface area contributed by atoms with Gasteiger partial charge in [0.2, 0.25) is 0 Å². The van der Waals surface area contributed by atoms with Gasteiger partial charge < -0.3 is 0 Å². The average molecular weight is 367 g/mol. The monoisotopic (exact) mass is 366 g/mol. The maximum Gasteiger partial charge on any atom is -0.0241 e. The number of fused-ring (bicyclic) bond motifs is 1. The second kappa shape index (κ2) is 12.5. The van der Waals surface area contributed by atoms with Crippen LogP contribution in [0.25, 0.3) is 0 Å². The molecule has 7 unspecified atom stereocenters. The fourth-order valence-electron chi connectivity index (χ4n) is 7.13. The SMILES string of the molecule is CC.CC.CC.CC1CC2CCCC2C(C)C1C1(C)C(C)CCCC1C. The largest absolute Gasteiger partial charge is 0.0683 e. The van der Waals surface area contributed by atoms with E-state index in [2.05, 4.69) is 34.6 Å². The Kier molecular flexibility index (Phi) is 12.5. The summed E-state index contributed by atoms with van der Waals surface area (Å²) in [7, 11) is 0. The summed E-state index contributed by atoms with van der Waals surface area (Å²) in [6.07, 6.45) is 10.5. The molecule has 0 bridgehead atoms. The van der Waals surface area contributed by atoms with Crippen molar-refractivity contribution in [3.8, 4) is 0 Å². The molecule has 158 valence electrons. The Labute approximate surface area is 168 Å². The maximum atomic E-state index is 2.68. The molecule has 0 aromatic rings. The Morgan fingerprint density at radius 2 is 1.12 bits per heavy atom. The second-order valence-corrected chi connectivity index (χ2v) is 9.05. The van der Waals surface area contributed by atoms with Crippen LogP contribution in [-0.4, -0.2) is 0 Å². The predicted octanol–water partition coefficient (Wildman–Crippen LogP) is 9.24. The third kappa shape index (κ3) is 5.08. The molecule has 3 rings (SSSR count). The van der Waals surface area contributed by atoms with Crippen LogP contribution in [0.15, 0.2) is 0 Å². The normalized spacial score (nSPS) is 44.2. The van der Waals surface area contributed by atoms with Gasteiger partial charge in [-0.3, -0.25) is 0 Å². The smallest absolute Gasteiger partial charge is 0.0241 e. The molecule has 0 aromatic heterocycles. The highest BCUT2D eigenvalue weighted by Crippen LogP contribution is 2.61. The molecule has 3 fully saturated rings. The van der Waals surface area contributed by atoms with Crippen molar-refractivity contribution in [3.63, 3.8) is 0 Å². The molecule has 0 amide bonds. The maximum absolute atomic E-state index is 2.68. The molecule has 0 N–H and O–H groups in total. The molecule has 0 radical (unpaired) electrons. The van der Waals surface area contributed by atoms with Crippen LogP contribution in [0.2, 0.25) is 0 Å². The minimum atomic E-state index is 0.602. The lowest BCUT2D eigenvalue weighted by molar-refractivity contribution is -0.0919. The van der Waals surface area contributed by atoms with Crippen LogP contribution in [0, 0.1) is 46.8 Å². The fraction of sp³-hybridized carbons (Fsp3) is 1.00. The average Bonchev–Trinajstić information content (AvgIpc) is 3.13. The summed E-state index contributed by atoms with van der Waals surface area (Å²) in [5.74, 6) is 6.91. The molecule has 26 heavy (non-hydrogen) atoms. The molecular formula is C26H54. The van der Waals surface area contributed by atoms with E-state index < -0.39 is 0 Å². The molecule has 0 heterocycles. The molecular weight excluding hydrogens is 312 g/mol. The molecule has 0 aromatic carbocycles. The van der Waals surface area contributed by atoms with Crippen molar-refractivity contribution in [2.24, 2.45) is 46.8 Å². The van der Waals surface area contributed by atoms with E-state index in [1.54, 1.807) is 0 Å². The highest BCUT2D eigenvalue weighted by Gasteiger charge is 2.53. The van der Waals surface area contributed by atoms with Crippen LogP contribution in [0.3, 0.4) is 0 Å². The summed E-state index contributed by atoms with van der Waals surface area (Å²) >= 11 is 0. The highest BCUT2D eigenvalue weighted by atomic mass is 14.6. The van der Waals surface area contributed by atoms with Crippen molar-refractivity contribution in [2.75, 3.05) is 0 Å². The van der Waals surface area contributed by atoms with Crippen LogP contribution in [0.1, 0.15) is 121 Å². The van der Waals surface area contributed by atoms with Crippen molar-refractivity contribution in [1.29, 1.82) is 0 Å². The lowest BCUT2D eigenvalue weighted by Crippen LogP contribution is -2.51. The van der Waals surface area contributed by atoms with Gasteiger partial charge >= 0.3 is 0 Å². The number of hydrogen-bond acceptors (Lipinski definition) is 0. The number of rotatable bonds is 1. The summed E-state index contributed by atoms with van der Waals surface area (Å²) < 4.78 is 0. The van der Waals surface area contributed by atoms with E-state index in [4.69, 9.17) is 0 Å². The van der Waals surface area contributed by atoms with Gasteiger partial charge in [0.15, 0.2) is 0 Å². The molecule has 0 nitrogen and oxygen atoms in total. The van der Waals surface area contributed by atoms with Crippen molar-refractivity contribution < 1.29 is 0 Å². The van der Waals surface area contributed by atoms with E-state index in [1.165, 1.54) is 44.9 Å². The molecule has 3 saturated carbocycles. The van der Waals surface area contributed by atoms with Crippen LogP contribution >= 0.6 is 0 Å². The predicted molar refractivity (Wildman–Crippen MR) is 122 cm³/mol. The molecule has 3 aliphatic rings. The van der Waals surface area contributed by atoms with Gasteiger partial charge in [0, 0.05) is 0 Å². The summed E-state index contributed by atoms with van der Waals surface area (Å²) in [6, 6.07) is 0. The molecule has 0 heteroatoms. The van der Waals surface area contributed by atoms with Gasteiger partial charge in [-0.1, -0.05) is 108 Å². The second-order valence-electron chi connectivity index (χ2n) is 9.05. The van der Waals surface area contributed by atoms with Gasteiger partial charge in [0.1, 0.15) is 0 Å². The Morgan fingerprint density at radius 1 is 0.654 bits per heavy atom. The third-order valence-electron chi connectivity index (χ3n) is 8.36. The first kappa shape index (κ1) is 26.0. The van der Waals surface area contributed by atoms with Crippen LogP contribution in [0.4, 0.5) is 0 Å². The molecule has 3 aliphatic carbocycles. The Morgan fingerprint density at radius 3 is 1.62 bits per heavy atom. The first-order valence-corrected chi connectivity index (χ1v) is 12.5. The van der Waals surface area contributed by atoms with Crippen LogP contribution in [-0.2, 0) is 0 Å². The lowest BCUT2D eigenvalue weighted by atomic mass is 9.47. The molecule has 0 spiro atoms. The minimum absolute atomic E-state index is 0.602. The Hall–Kier alpha value is 0.